The van der Waals surface area contributed by atoms with Crippen LogP contribution in [0.3, 0.4) is 0 Å². The summed E-state index contributed by atoms with van der Waals surface area (Å²) in [6.07, 6.45) is -4.79. The molecule has 8 heteroatoms. The first-order chi connectivity index (χ1) is 9.98. The molecule has 0 aromatic heterocycles. The maximum Gasteiger partial charge on any atom is 0.410 e. The number of sulfonamides is 1. The smallest absolute Gasteiger partial charge is 0.273 e. The van der Waals surface area contributed by atoms with Gasteiger partial charge in [0.05, 0.1) is 10.8 Å². The number of benzene rings is 1. The monoisotopic (exact) mass is 335 g/mol. The molecule has 0 N–H and O–H groups in total. The lowest BCUT2D eigenvalue weighted by molar-refractivity contribution is -0.219. The van der Waals surface area contributed by atoms with E-state index in [-0.39, 0.29) is 9.20 Å². The Labute approximate surface area is 127 Å². The summed E-state index contributed by atoms with van der Waals surface area (Å²) in [7, 11) is -4.50. The second kappa shape index (κ2) is 5.26. The van der Waals surface area contributed by atoms with Crippen molar-refractivity contribution in [2.75, 3.05) is 0 Å². The van der Waals surface area contributed by atoms with Crippen molar-refractivity contribution < 1.29 is 26.4 Å². The summed E-state index contributed by atoms with van der Waals surface area (Å²) in [5, 5.41) is 0. The standard InChI is InChI=1S/C14H16F3NO3S/c1-8(2)11-12(14(15,16)17)18(13(11)19)22(20,21)10-6-4-9(3)5-7-10/h4-8,11-12H,1-3H3/t11-,12+/m0/s1. The molecular weight excluding hydrogens is 319 g/mol. The number of nitrogens with zero attached hydrogens (tertiary/aromatic N) is 1. The van der Waals surface area contributed by atoms with Gasteiger partial charge in [-0.3, -0.25) is 4.79 Å². The fraction of sp³-hybridized carbons (Fsp3) is 0.500. The number of amides is 1. The lowest BCUT2D eigenvalue weighted by Crippen LogP contribution is -2.69. The summed E-state index contributed by atoms with van der Waals surface area (Å²) in [5.41, 5.74) is 0.765. The summed E-state index contributed by atoms with van der Waals surface area (Å²) >= 11 is 0. The number of hydrogen-bond donors (Lipinski definition) is 0. The number of hydrogen-bond acceptors (Lipinski definition) is 3. The molecule has 1 heterocycles. The van der Waals surface area contributed by atoms with Crippen molar-refractivity contribution in [1.29, 1.82) is 0 Å². The van der Waals surface area contributed by atoms with E-state index in [1.165, 1.54) is 38.1 Å². The highest BCUT2D eigenvalue weighted by Crippen LogP contribution is 2.45. The first-order valence-corrected chi connectivity index (χ1v) is 8.13. The van der Waals surface area contributed by atoms with E-state index < -0.39 is 40.0 Å². The SMILES string of the molecule is Cc1ccc(S(=O)(=O)N2C(=O)[C@@H](C(C)C)[C@@H]2C(F)(F)F)cc1. The molecule has 0 bridgehead atoms. The Balaban J connectivity index is 2.46. The molecule has 1 aromatic rings. The van der Waals surface area contributed by atoms with Gasteiger partial charge in [0, 0.05) is 0 Å². The quantitative estimate of drug-likeness (QED) is 0.798. The molecule has 4 nitrogen and oxygen atoms in total. The van der Waals surface area contributed by atoms with Crippen molar-refractivity contribution in [3.63, 3.8) is 0 Å². The van der Waals surface area contributed by atoms with Gasteiger partial charge in [0.25, 0.3) is 10.0 Å². The van der Waals surface area contributed by atoms with Gasteiger partial charge in [0.2, 0.25) is 5.91 Å². The van der Waals surface area contributed by atoms with Crippen molar-refractivity contribution in [1.82, 2.24) is 4.31 Å². The largest absolute Gasteiger partial charge is 0.410 e. The van der Waals surface area contributed by atoms with Crippen LogP contribution in [0.2, 0.25) is 0 Å². The molecule has 1 aliphatic heterocycles. The molecule has 0 radical (unpaired) electrons. The molecule has 2 rings (SSSR count). The minimum atomic E-state index is -4.79. The van der Waals surface area contributed by atoms with Crippen LogP contribution in [-0.4, -0.2) is 30.8 Å². The number of aryl methyl sites for hydroxylation is 1. The molecule has 22 heavy (non-hydrogen) atoms. The summed E-state index contributed by atoms with van der Waals surface area (Å²) in [5.74, 6) is -2.96. The van der Waals surface area contributed by atoms with Crippen molar-refractivity contribution in [2.24, 2.45) is 11.8 Å². The van der Waals surface area contributed by atoms with Gasteiger partial charge in [0.1, 0.15) is 0 Å². The predicted molar refractivity (Wildman–Crippen MR) is 73.4 cm³/mol. The van der Waals surface area contributed by atoms with E-state index in [4.69, 9.17) is 0 Å². The molecule has 122 valence electrons. The van der Waals surface area contributed by atoms with Crippen LogP contribution in [0.25, 0.3) is 0 Å². The van der Waals surface area contributed by atoms with Crippen LogP contribution in [0.4, 0.5) is 13.2 Å². The fourth-order valence-electron chi connectivity index (χ4n) is 2.56. The number of carbonyl (C=O) groups excluding carboxylic acids is 1. The van der Waals surface area contributed by atoms with Crippen LogP contribution in [-0.2, 0) is 14.8 Å². The van der Waals surface area contributed by atoms with E-state index in [1.54, 1.807) is 6.92 Å². The molecule has 0 saturated carbocycles. The average Bonchev–Trinajstić information content (AvgIpc) is 2.34. The Hall–Kier alpha value is -1.57. The van der Waals surface area contributed by atoms with Crippen LogP contribution in [0.15, 0.2) is 29.2 Å². The zero-order valence-electron chi connectivity index (χ0n) is 12.3. The third-order valence-corrected chi connectivity index (χ3v) is 5.52. The van der Waals surface area contributed by atoms with Gasteiger partial charge in [-0.25, -0.2) is 12.7 Å². The fourth-order valence-corrected chi connectivity index (χ4v) is 4.18. The highest BCUT2D eigenvalue weighted by Gasteiger charge is 2.65. The van der Waals surface area contributed by atoms with E-state index in [0.29, 0.717) is 0 Å². The van der Waals surface area contributed by atoms with Crippen LogP contribution < -0.4 is 0 Å². The minimum Gasteiger partial charge on any atom is -0.273 e. The van der Waals surface area contributed by atoms with Gasteiger partial charge in [-0.2, -0.15) is 13.2 Å². The lowest BCUT2D eigenvalue weighted by atomic mass is 9.81. The predicted octanol–water partition coefficient (Wildman–Crippen LogP) is 2.73. The summed E-state index contributed by atoms with van der Waals surface area (Å²) in [4.78, 5) is 11.7. The van der Waals surface area contributed by atoms with Crippen molar-refractivity contribution >= 4 is 15.9 Å². The Morgan fingerprint density at radius 2 is 1.64 bits per heavy atom. The number of rotatable bonds is 3. The van der Waals surface area contributed by atoms with Crippen LogP contribution in [0.5, 0.6) is 0 Å². The Morgan fingerprint density at radius 3 is 2.05 bits per heavy atom. The third-order valence-electron chi connectivity index (χ3n) is 3.73. The highest BCUT2D eigenvalue weighted by molar-refractivity contribution is 7.89. The third kappa shape index (κ3) is 2.60. The molecule has 0 aliphatic carbocycles. The number of β-lactam (4-membered cyclic amide) rings is 1. The second-order valence-corrected chi connectivity index (χ2v) is 7.52. The van der Waals surface area contributed by atoms with E-state index in [1.807, 2.05) is 0 Å². The molecule has 1 saturated heterocycles. The van der Waals surface area contributed by atoms with Gasteiger partial charge < -0.3 is 0 Å². The molecular formula is C14H16F3NO3S. The summed E-state index contributed by atoms with van der Waals surface area (Å²) in [6, 6.07) is 3.05. The number of halogens is 3. The molecule has 2 atom stereocenters. The topological polar surface area (TPSA) is 54.5 Å². The summed E-state index contributed by atoms with van der Waals surface area (Å²) < 4.78 is 64.3. The Morgan fingerprint density at radius 1 is 1.14 bits per heavy atom. The Kier molecular flexibility index (Phi) is 4.01. The number of alkyl halides is 3. The van der Waals surface area contributed by atoms with Crippen LogP contribution >= 0.6 is 0 Å². The maximum absolute atomic E-state index is 13.2. The molecule has 1 fully saturated rings. The first-order valence-electron chi connectivity index (χ1n) is 6.69. The van der Waals surface area contributed by atoms with Gasteiger partial charge in [-0.05, 0) is 25.0 Å². The van der Waals surface area contributed by atoms with E-state index in [9.17, 15) is 26.4 Å². The lowest BCUT2D eigenvalue weighted by Gasteiger charge is -2.47. The second-order valence-electron chi connectivity index (χ2n) is 5.71. The van der Waals surface area contributed by atoms with Gasteiger partial charge in [-0.1, -0.05) is 31.5 Å². The van der Waals surface area contributed by atoms with E-state index in [0.717, 1.165) is 5.56 Å². The van der Waals surface area contributed by atoms with Crippen LogP contribution in [0, 0.1) is 18.8 Å². The normalized spacial score (nSPS) is 22.9. The minimum absolute atomic E-state index is 0.0255. The molecule has 1 aliphatic rings. The molecule has 0 unspecified atom stereocenters. The molecule has 0 spiro atoms. The average molecular weight is 335 g/mol. The van der Waals surface area contributed by atoms with Crippen molar-refractivity contribution in [3.8, 4) is 0 Å². The maximum atomic E-state index is 13.2. The Bertz CT molecular complexity index is 680. The number of carbonyl (C=O) groups is 1. The van der Waals surface area contributed by atoms with E-state index in [2.05, 4.69) is 0 Å². The van der Waals surface area contributed by atoms with Gasteiger partial charge in [0.15, 0.2) is 6.04 Å². The summed E-state index contributed by atoms with van der Waals surface area (Å²) in [6.45, 7) is 4.66. The van der Waals surface area contributed by atoms with Crippen molar-refractivity contribution in [2.45, 2.75) is 37.9 Å². The van der Waals surface area contributed by atoms with Crippen molar-refractivity contribution in [3.05, 3.63) is 29.8 Å². The first kappa shape index (κ1) is 16.8. The van der Waals surface area contributed by atoms with Crippen LogP contribution in [0.1, 0.15) is 19.4 Å². The molecule has 1 amide bonds. The van der Waals surface area contributed by atoms with Gasteiger partial charge >= 0.3 is 6.18 Å². The zero-order chi connectivity index (χ0) is 16.9. The van der Waals surface area contributed by atoms with E-state index >= 15 is 0 Å². The highest BCUT2D eigenvalue weighted by atomic mass is 32.2. The molecule has 1 aromatic carbocycles. The zero-order valence-corrected chi connectivity index (χ0v) is 13.1. The van der Waals surface area contributed by atoms with Gasteiger partial charge in [-0.15, -0.1) is 0 Å².